The van der Waals surface area contributed by atoms with Gasteiger partial charge < -0.3 is 5.11 Å². The fourth-order valence-corrected chi connectivity index (χ4v) is 5.31. The molecule has 0 saturated carbocycles. The molecule has 2 N–H and O–H groups in total. The first-order chi connectivity index (χ1) is 9.02. The monoisotopic (exact) mass is 327 g/mol. The highest BCUT2D eigenvalue weighted by atomic mass is 32.2. The summed E-state index contributed by atoms with van der Waals surface area (Å²) in [5.41, 5.74) is -1.16. The fourth-order valence-electron chi connectivity index (χ4n) is 1.91. The number of sulfonamides is 1. The average Bonchev–Trinajstić information content (AvgIpc) is 2.35. The van der Waals surface area contributed by atoms with Gasteiger partial charge in [-0.1, -0.05) is 6.92 Å². The van der Waals surface area contributed by atoms with Crippen molar-refractivity contribution in [1.29, 1.82) is 0 Å². The smallest absolute Gasteiger partial charge is 0.310 e. The molecule has 1 aliphatic rings. The molecule has 1 unspecified atom stereocenters. The molecule has 0 spiro atoms. The molecule has 0 radical (unpaired) electrons. The van der Waals surface area contributed by atoms with Gasteiger partial charge in [0.1, 0.15) is 9.84 Å². The minimum absolute atomic E-state index is 0.0631. The molecule has 9 heteroatoms. The van der Waals surface area contributed by atoms with Crippen molar-refractivity contribution in [3.8, 4) is 0 Å². The van der Waals surface area contributed by atoms with Gasteiger partial charge in [-0.05, 0) is 26.2 Å². The fraction of sp³-hybridized carbons (Fsp3) is 0.909. The number of aliphatic carboxylic acids is 1. The molecule has 0 aromatic carbocycles. The highest BCUT2D eigenvalue weighted by Crippen LogP contribution is 2.23. The maximum absolute atomic E-state index is 12.1. The van der Waals surface area contributed by atoms with Gasteiger partial charge in [-0.3, -0.25) is 4.79 Å². The van der Waals surface area contributed by atoms with Crippen molar-refractivity contribution in [3.05, 3.63) is 0 Å². The Morgan fingerprint density at radius 1 is 1.35 bits per heavy atom. The normalized spacial score (nSPS) is 23.1. The van der Waals surface area contributed by atoms with Crippen molar-refractivity contribution < 1.29 is 26.7 Å². The SMILES string of the molecule is CCC(C)(CNS(=O)(=O)C1CCS(=O)(=O)CC1)C(=O)O. The van der Waals surface area contributed by atoms with Gasteiger partial charge in [-0.2, -0.15) is 0 Å². The van der Waals surface area contributed by atoms with E-state index in [1.165, 1.54) is 6.92 Å². The van der Waals surface area contributed by atoms with E-state index in [1.807, 2.05) is 0 Å². The zero-order valence-corrected chi connectivity index (χ0v) is 13.3. The van der Waals surface area contributed by atoms with E-state index >= 15 is 0 Å². The predicted molar refractivity (Wildman–Crippen MR) is 74.6 cm³/mol. The van der Waals surface area contributed by atoms with Crippen molar-refractivity contribution in [2.75, 3.05) is 18.1 Å². The van der Waals surface area contributed by atoms with Gasteiger partial charge in [0.15, 0.2) is 0 Å². The number of rotatable bonds is 6. The maximum atomic E-state index is 12.1. The average molecular weight is 327 g/mol. The van der Waals surface area contributed by atoms with Crippen LogP contribution >= 0.6 is 0 Å². The molecule has 0 aliphatic carbocycles. The van der Waals surface area contributed by atoms with Gasteiger partial charge in [-0.15, -0.1) is 0 Å². The Labute approximate surface area is 119 Å². The van der Waals surface area contributed by atoms with Crippen LogP contribution in [0.3, 0.4) is 0 Å². The lowest BCUT2D eigenvalue weighted by atomic mass is 9.88. The Morgan fingerprint density at radius 3 is 2.25 bits per heavy atom. The zero-order valence-electron chi connectivity index (χ0n) is 11.6. The van der Waals surface area contributed by atoms with Crippen LogP contribution in [0.4, 0.5) is 0 Å². The largest absolute Gasteiger partial charge is 0.481 e. The summed E-state index contributed by atoms with van der Waals surface area (Å²) >= 11 is 0. The summed E-state index contributed by atoms with van der Waals surface area (Å²) in [6.07, 6.45) is 0.422. The lowest BCUT2D eigenvalue weighted by Crippen LogP contribution is -2.45. The van der Waals surface area contributed by atoms with Crippen molar-refractivity contribution in [1.82, 2.24) is 4.72 Å². The van der Waals surface area contributed by atoms with E-state index in [9.17, 15) is 21.6 Å². The van der Waals surface area contributed by atoms with Crippen LogP contribution in [0.25, 0.3) is 0 Å². The molecule has 1 rings (SSSR count). The summed E-state index contributed by atoms with van der Waals surface area (Å²) in [6, 6.07) is 0. The van der Waals surface area contributed by atoms with Crippen molar-refractivity contribution in [3.63, 3.8) is 0 Å². The zero-order chi connectivity index (χ0) is 15.6. The standard InChI is InChI=1S/C11H21NO6S2/c1-3-11(2,10(13)14)8-12-20(17,18)9-4-6-19(15,16)7-5-9/h9,12H,3-8H2,1-2H3,(H,13,14). The number of carboxylic acids is 1. The molecule has 1 saturated heterocycles. The molecule has 0 amide bonds. The molecule has 1 fully saturated rings. The molecule has 1 atom stereocenters. The van der Waals surface area contributed by atoms with E-state index in [-0.39, 0.29) is 30.9 Å². The van der Waals surface area contributed by atoms with Crippen molar-refractivity contribution in [2.45, 2.75) is 38.4 Å². The van der Waals surface area contributed by atoms with Crippen LogP contribution in [-0.2, 0) is 24.7 Å². The van der Waals surface area contributed by atoms with Crippen LogP contribution in [0.15, 0.2) is 0 Å². The topological polar surface area (TPSA) is 118 Å². The Morgan fingerprint density at radius 2 is 1.85 bits per heavy atom. The van der Waals surface area contributed by atoms with E-state index in [4.69, 9.17) is 5.11 Å². The molecular formula is C11H21NO6S2. The van der Waals surface area contributed by atoms with Crippen molar-refractivity contribution in [2.24, 2.45) is 5.41 Å². The van der Waals surface area contributed by atoms with Crippen LogP contribution < -0.4 is 4.72 Å². The van der Waals surface area contributed by atoms with E-state index in [0.29, 0.717) is 6.42 Å². The number of hydrogen-bond acceptors (Lipinski definition) is 5. The van der Waals surface area contributed by atoms with Crippen molar-refractivity contribution >= 4 is 25.8 Å². The van der Waals surface area contributed by atoms with Gasteiger partial charge in [0.05, 0.1) is 22.2 Å². The molecule has 118 valence electrons. The van der Waals surface area contributed by atoms with Crippen LogP contribution in [0.5, 0.6) is 0 Å². The second-order valence-electron chi connectivity index (χ2n) is 5.44. The summed E-state index contributed by atoms with van der Waals surface area (Å²) in [7, 11) is -6.81. The molecule has 0 aromatic rings. The minimum Gasteiger partial charge on any atom is -0.481 e. The lowest BCUT2D eigenvalue weighted by Gasteiger charge is -2.26. The molecule has 1 aliphatic heterocycles. The van der Waals surface area contributed by atoms with E-state index in [0.717, 1.165) is 0 Å². The quantitative estimate of drug-likeness (QED) is 0.708. The highest BCUT2D eigenvalue weighted by molar-refractivity contribution is 7.92. The number of carboxylic acid groups (broad SMARTS) is 1. The third-order valence-corrected chi connectivity index (χ3v) is 7.51. The third kappa shape index (κ3) is 4.16. The van der Waals surface area contributed by atoms with Crippen LogP contribution in [0.2, 0.25) is 0 Å². The predicted octanol–water partition coefficient (Wildman–Crippen LogP) is -0.0161. The molecular weight excluding hydrogens is 306 g/mol. The first-order valence-electron chi connectivity index (χ1n) is 6.45. The van der Waals surface area contributed by atoms with Crippen LogP contribution in [-0.4, -0.2) is 51.2 Å². The van der Waals surface area contributed by atoms with Gasteiger partial charge in [0, 0.05) is 6.54 Å². The highest BCUT2D eigenvalue weighted by Gasteiger charge is 2.36. The third-order valence-electron chi connectivity index (χ3n) is 3.90. The van der Waals surface area contributed by atoms with Gasteiger partial charge in [0.25, 0.3) is 0 Å². The number of sulfone groups is 1. The first-order valence-corrected chi connectivity index (χ1v) is 9.81. The Hall–Kier alpha value is -0.670. The van der Waals surface area contributed by atoms with Crippen LogP contribution in [0, 0.1) is 5.41 Å². The molecule has 20 heavy (non-hydrogen) atoms. The minimum atomic E-state index is -3.69. The molecule has 7 nitrogen and oxygen atoms in total. The summed E-state index contributed by atoms with van der Waals surface area (Å²) in [5, 5.41) is 8.33. The summed E-state index contributed by atoms with van der Waals surface area (Å²) in [5.74, 6) is -1.33. The number of carbonyl (C=O) groups is 1. The number of nitrogens with one attached hydrogen (secondary N) is 1. The summed E-state index contributed by atoms with van der Waals surface area (Å²) in [4.78, 5) is 11.1. The molecule has 1 heterocycles. The Balaban J connectivity index is 2.70. The summed E-state index contributed by atoms with van der Waals surface area (Å²) < 4.78 is 49.1. The first kappa shape index (κ1) is 17.4. The van der Waals surface area contributed by atoms with Crippen LogP contribution in [0.1, 0.15) is 33.1 Å². The van der Waals surface area contributed by atoms with Gasteiger partial charge >= 0.3 is 5.97 Å². The second kappa shape index (κ2) is 5.98. The number of hydrogen-bond donors (Lipinski definition) is 2. The lowest BCUT2D eigenvalue weighted by molar-refractivity contribution is -0.147. The Bertz CT molecular complexity index is 554. The second-order valence-corrected chi connectivity index (χ2v) is 9.79. The summed E-state index contributed by atoms with van der Waals surface area (Å²) in [6.45, 7) is 2.96. The maximum Gasteiger partial charge on any atom is 0.310 e. The molecule has 0 aromatic heterocycles. The van der Waals surface area contributed by atoms with E-state index < -0.39 is 36.5 Å². The Kier molecular flexibility index (Phi) is 5.20. The molecule has 0 bridgehead atoms. The van der Waals surface area contributed by atoms with E-state index in [1.54, 1.807) is 6.92 Å². The van der Waals surface area contributed by atoms with E-state index in [2.05, 4.69) is 4.72 Å². The van der Waals surface area contributed by atoms with Gasteiger partial charge in [-0.25, -0.2) is 21.6 Å². The van der Waals surface area contributed by atoms with Gasteiger partial charge in [0.2, 0.25) is 10.0 Å².